The van der Waals surface area contributed by atoms with E-state index in [1.165, 1.54) is 44.9 Å². The predicted molar refractivity (Wildman–Crippen MR) is 96.0 cm³/mol. The molecule has 0 spiro atoms. The maximum absolute atomic E-state index is 13.1. The van der Waals surface area contributed by atoms with Crippen molar-refractivity contribution < 1.29 is 28.6 Å². The maximum atomic E-state index is 13.1. The van der Waals surface area contributed by atoms with Crippen molar-refractivity contribution in [3.63, 3.8) is 0 Å². The molecule has 2 aliphatic carbocycles. The lowest BCUT2D eigenvalue weighted by Gasteiger charge is -2.48. The van der Waals surface area contributed by atoms with Gasteiger partial charge in [0.05, 0.1) is 37.7 Å². The van der Waals surface area contributed by atoms with Crippen molar-refractivity contribution in [1.29, 1.82) is 0 Å². The van der Waals surface area contributed by atoms with Gasteiger partial charge in [-0.1, -0.05) is 23.4 Å². The predicted octanol–water partition coefficient (Wildman–Crippen LogP) is 1.15. The molecule has 1 saturated carbocycles. The minimum absolute atomic E-state index is 0.186. The number of hydrogen-bond donors (Lipinski definition) is 0. The van der Waals surface area contributed by atoms with Crippen LogP contribution in [0.4, 0.5) is 0 Å². The van der Waals surface area contributed by atoms with E-state index in [9.17, 15) is 14.4 Å². The Morgan fingerprint density at radius 2 is 1.81 bits per heavy atom. The first-order chi connectivity index (χ1) is 12.4. The first kappa shape index (κ1) is 17.8. The summed E-state index contributed by atoms with van der Waals surface area (Å²) < 4.78 is 14.8. The lowest BCUT2D eigenvalue weighted by Crippen LogP contribution is -2.61. The van der Waals surface area contributed by atoms with Crippen LogP contribution in [0.25, 0.3) is 0 Å². The molecular formula is C17H19NO6S2. The summed E-state index contributed by atoms with van der Waals surface area (Å²) in [6.07, 6.45) is 3.80. The quantitative estimate of drug-likeness (QED) is 0.394. The van der Waals surface area contributed by atoms with E-state index in [1.807, 2.05) is 24.2 Å². The molecule has 2 fully saturated rings. The average Bonchev–Trinajstić information content (AvgIpc) is 3.35. The Morgan fingerprint density at radius 3 is 2.35 bits per heavy atom. The molecule has 3 heterocycles. The van der Waals surface area contributed by atoms with Gasteiger partial charge in [-0.15, -0.1) is 11.8 Å². The molecule has 7 nitrogen and oxygen atoms in total. The number of methoxy groups -OCH3 is 3. The Bertz CT molecular complexity index is 807. The molecule has 26 heavy (non-hydrogen) atoms. The van der Waals surface area contributed by atoms with E-state index in [1.54, 1.807) is 0 Å². The van der Waals surface area contributed by atoms with Crippen molar-refractivity contribution in [1.82, 2.24) is 4.90 Å². The lowest BCUT2D eigenvalue weighted by molar-refractivity contribution is -0.157. The van der Waals surface area contributed by atoms with Crippen LogP contribution < -0.4 is 0 Å². The summed E-state index contributed by atoms with van der Waals surface area (Å²) in [5.41, 5.74) is 0.398. The Hall–Kier alpha value is -1.61. The molecule has 3 aliphatic heterocycles. The molecule has 0 amide bonds. The number of carbonyl (C=O) groups excluding carboxylic acids is 3. The molecular weight excluding hydrogens is 378 g/mol. The SMILES string of the molecule is COC(=O)C1=C(SC)SC2(C(=O)OC)C3C=C(C)C4C(N13)C42C(=O)OC. The van der Waals surface area contributed by atoms with Crippen molar-refractivity contribution in [2.45, 2.75) is 23.8 Å². The van der Waals surface area contributed by atoms with Crippen LogP contribution in [0.2, 0.25) is 0 Å². The largest absolute Gasteiger partial charge is 0.468 e. The van der Waals surface area contributed by atoms with Crippen LogP contribution in [0.3, 0.4) is 0 Å². The number of piperidine rings is 1. The number of nitrogens with zero attached hydrogens (tertiary/aromatic N) is 1. The lowest BCUT2D eigenvalue weighted by atomic mass is 9.75. The third kappa shape index (κ3) is 1.59. The first-order valence-corrected chi connectivity index (χ1v) is 10.1. The molecule has 1 saturated heterocycles. The monoisotopic (exact) mass is 397 g/mol. The average molecular weight is 397 g/mol. The molecule has 5 unspecified atom stereocenters. The highest BCUT2D eigenvalue weighted by atomic mass is 32.2. The van der Waals surface area contributed by atoms with Crippen molar-refractivity contribution in [3.05, 3.63) is 21.6 Å². The molecule has 5 atom stereocenters. The summed E-state index contributed by atoms with van der Waals surface area (Å²) in [6.45, 7) is 1.96. The van der Waals surface area contributed by atoms with Gasteiger partial charge in [0.15, 0.2) is 4.75 Å². The normalized spacial score (nSPS) is 38.6. The summed E-state index contributed by atoms with van der Waals surface area (Å²) in [7, 11) is 3.98. The molecule has 140 valence electrons. The van der Waals surface area contributed by atoms with Crippen molar-refractivity contribution >= 4 is 41.4 Å². The summed E-state index contributed by atoms with van der Waals surface area (Å²) >= 11 is 2.60. The molecule has 0 aromatic rings. The fourth-order valence-corrected chi connectivity index (χ4v) is 7.83. The van der Waals surface area contributed by atoms with Crippen molar-refractivity contribution in [2.75, 3.05) is 27.6 Å². The summed E-state index contributed by atoms with van der Waals surface area (Å²) in [6, 6.07) is -0.769. The van der Waals surface area contributed by atoms with E-state index in [2.05, 4.69) is 0 Å². The van der Waals surface area contributed by atoms with Crippen LogP contribution in [-0.2, 0) is 28.6 Å². The van der Waals surface area contributed by atoms with Gasteiger partial charge in [-0.25, -0.2) is 4.79 Å². The van der Waals surface area contributed by atoms with Crippen molar-refractivity contribution in [2.24, 2.45) is 11.3 Å². The standard InChI is InChI=1S/C17H19NO6S2/c1-7-6-8-17(15(21)24-4)16(14(20)23-3)9(7)11(16)18(8)10(12(19)22-2)13(25-5)26-17/h6,8-9,11H,1-5H3. The maximum Gasteiger partial charge on any atom is 0.356 e. The second-order valence-electron chi connectivity index (χ2n) is 6.71. The Balaban J connectivity index is 2.01. The molecule has 0 aromatic heterocycles. The van der Waals surface area contributed by atoms with E-state index in [4.69, 9.17) is 14.2 Å². The summed E-state index contributed by atoms with van der Waals surface area (Å²) in [4.78, 5) is 40.5. The molecule has 0 aromatic carbocycles. The molecule has 0 N–H and O–H groups in total. The minimum atomic E-state index is -1.17. The van der Waals surface area contributed by atoms with Gasteiger partial charge in [-0.2, -0.15) is 0 Å². The van der Waals surface area contributed by atoms with Crippen LogP contribution in [0.15, 0.2) is 21.6 Å². The number of esters is 3. The zero-order chi connectivity index (χ0) is 19.0. The highest BCUT2D eigenvalue weighted by molar-refractivity contribution is 8.23. The third-order valence-corrected chi connectivity index (χ3v) is 8.75. The van der Waals surface area contributed by atoms with E-state index >= 15 is 0 Å². The highest BCUT2D eigenvalue weighted by Gasteiger charge is 2.94. The second-order valence-corrected chi connectivity index (χ2v) is 9.04. The number of ether oxygens (including phenoxy) is 3. The Labute approximate surface area is 159 Å². The molecule has 5 aliphatic rings. The summed E-state index contributed by atoms with van der Waals surface area (Å²) in [5, 5.41) is 0. The van der Waals surface area contributed by atoms with Gasteiger partial charge >= 0.3 is 17.9 Å². The van der Waals surface area contributed by atoms with Gasteiger partial charge in [0.1, 0.15) is 11.1 Å². The van der Waals surface area contributed by atoms with Gasteiger partial charge in [0, 0.05) is 5.92 Å². The van der Waals surface area contributed by atoms with E-state index in [0.29, 0.717) is 9.93 Å². The van der Waals surface area contributed by atoms with E-state index in [-0.39, 0.29) is 12.0 Å². The van der Waals surface area contributed by atoms with Gasteiger partial charge in [-0.3, -0.25) is 9.59 Å². The topological polar surface area (TPSA) is 82.1 Å². The molecule has 5 rings (SSSR count). The smallest absolute Gasteiger partial charge is 0.356 e. The van der Waals surface area contributed by atoms with Gasteiger partial charge < -0.3 is 19.1 Å². The minimum Gasteiger partial charge on any atom is -0.468 e. The Morgan fingerprint density at radius 1 is 1.15 bits per heavy atom. The number of hydrogen-bond acceptors (Lipinski definition) is 9. The van der Waals surface area contributed by atoms with E-state index in [0.717, 1.165) is 5.57 Å². The zero-order valence-electron chi connectivity index (χ0n) is 15.0. The zero-order valence-corrected chi connectivity index (χ0v) is 16.7. The summed E-state index contributed by atoms with van der Waals surface area (Å²) in [5.74, 6) is -1.55. The fraction of sp³-hybridized carbons (Fsp3) is 0.588. The number of thioether (sulfide) groups is 2. The Kier molecular flexibility index (Phi) is 3.73. The second kappa shape index (κ2) is 5.45. The fourth-order valence-electron chi connectivity index (χ4n) is 5.17. The molecule has 6 bridgehead atoms. The van der Waals surface area contributed by atoms with Crippen LogP contribution in [0, 0.1) is 11.3 Å². The number of carbonyl (C=O) groups is 3. The van der Waals surface area contributed by atoms with Gasteiger partial charge in [0.2, 0.25) is 0 Å². The van der Waals surface area contributed by atoms with Crippen LogP contribution >= 0.6 is 23.5 Å². The third-order valence-electron chi connectivity index (χ3n) is 5.99. The van der Waals surface area contributed by atoms with Crippen LogP contribution in [-0.4, -0.2) is 67.2 Å². The first-order valence-electron chi connectivity index (χ1n) is 8.07. The molecule has 0 radical (unpaired) electrons. The highest BCUT2D eigenvalue weighted by Crippen LogP contribution is 2.81. The molecule has 9 heteroatoms. The van der Waals surface area contributed by atoms with Crippen LogP contribution in [0.5, 0.6) is 0 Å². The van der Waals surface area contributed by atoms with Gasteiger partial charge in [0.25, 0.3) is 0 Å². The van der Waals surface area contributed by atoms with Crippen LogP contribution in [0.1, 0.15) is 6.92 Å². The van der Waals surface area contributed by atoms with E-state index < -0.39 is 34.1 Å². The van der Waals surface area contributed by atoms with Gasteiger partial charge in [-0.05, 0) is 13.2 Å². The van der Waals surface area contributed by atoms with Crippen molar-refractivity contribution in [3.8, 4) is 0 Å². The number of rotatable bonds is 4.